The van der Waals surface area contributed by atoms with Gasteiger partial charge in [0, 0.05) is 11.3 Å². The Bertz CT molecular complexity index is 1210. The number of benzene rings is 3. The van der Waals surface area contributed by atoms with Crippen LogP contribution in [0.4, 0.5) is 5.69 Å². The van der Waals surface area contributed by atoms with Crippen LogP contribution in [0.15, 0.2) is 83.9 Å². The van der Waals surface area contributed by atoms with Crippen LogP contribution in [0.25, 0.3) is 22.0 Å². The van der Waals surface area contributed by atoms with E-state index in [1.54, 1.807) is 0 Å². The molecular weight excluding hydrogens is 408 g/mol. The molecule has 0 fully saturated rings. The molecule has 3 aromatic carbocycles. The highest BCUT2D eigenvalue weighted by molar-refractivity contribution is 8.33. The van der Waals surface area contributed by atoms with Gasteiger partial charge < -0.3 is 4.72 Å². The minimum absolute atomic E-state index is 0.460. The molecule has 166 valence electrons. The van der Waals surface area contributed by atoms with Crippen LogP contribution in [0, 0.1) is 0 Å². The van der Waals surface area contributed by atoms with Gasteiger partial charge in [-0.2, -0.15) is 0 Å². The van der Waals surface area contributed by atoms with Gasteiger partial charge in [0.1, 0.15) is 0 Å². The van der Waals surface area contributed by atoms with Crippen LogP contribution in [0.1, 0.15) is 50.7 Å². The van der Waals surface area contributed by atoms with Crippen LogP contribution in [-0.2, 0) is 0 Å². The largest absolute Gasteiger partial charge is 0.342 e. The van der Waals surface area contributed by atoms with Gasteiger partial charge in [-0.1, -0.05) is 94.4 Å². The van der Waals surface area contributed by atoms with Crippen molar-refractivity contribution in [2.75, 3.05) is 17.2 Å². The zero-order valence-electron chi connectivity index (χ0n) is 20.0. The van der Waals surface area contributed by atoms with Crippen molar-refractivity contribution in [2.45, 2.75) is 44.6 Å². The van der Waals surface area contributed by atoms with Gasteiger partial charge in [-0.25, -0.2) is 4.98 Å². The predicted molar refractivity (Wildman–Crippen MR) is 143 cm³/mol. The lowest BCUT2D eigenvalue weighted by atomic mass is 9.93. The molecule has 0 atom stereocenters. The number of rotatable bonds is 6. The highest BCUT2D eigenvalue weighted by Gasteiger charge is 2.22. The van der Waals surface area contributed by atoms with E-state index >= 15 is 0 Å². The van der Waals surface area contributed by atoms with Crippen LogP contribution in [-0.4, -0.2) is 17.5 Å². The molecule has 0 amide bonds. The summed E-state index contributed by atoms with van der Waals surface area (Å²) in [6.07, 6.45) is 4.62. The van der Waals surface area contributed by atoms with Crippen LogP contribution < -0.4 is 4.72 Å². The van der Waals surface area contributed by atoms with Gasteiger partial charge >= 0.3 is 0 Å². The van der Waals surface area contributed by atoms with Crippen molar-refractivity contribution in [1.29, 1.82) is 0 Å². The summed E-state index contributed by atoms with van der Waals surface area (Å²) in [7, 11) is -1.37. The van der Waals surface area contributed by atoms with Gasteiger partial charge in [-0.05, 0) is 58.4 Å². The Balaban J connectivity index is 1.77. The van der Waals surface area contributed by atoms with E-state index in [4.69, 9.17) is 4.98 Å². The first-order valence-electron chi connectivity index (χ1n) is 11.4. The lowest BCUT2D eigenvalue weighted by Gasteiger charge is -2.36. The minimum atomic E-state index is -1.37. The van der Waals surface area contributed by atoms with Gasteiger partial charge in [-0.15, -0.1) is 10.2 Å². The fourth-order valence-corrected chi connectivity index (χ4v) is 5.87. The average molecular weight is 443 g/mol. The fraction of sp³-hybridized carbons (Fsp3) is 0.276. The van der Waals surface area contributed by atoms with Crippen LogP contribution >= 0.6 is 10.2 Å². The maximum absolute atomic E-state index is 5.18. The molecule has 0 saturated carbocycles. The molecule has 0 aliphatic rings. The van der Waals surface area contributed by atoms with Gasteiger partial charge in [0.05, 0.1) is 10.7 Å². The number of hydrogen-bond donors (Lipinski definition) is 1. The molecule has 2 nitrogen and oxygen atoms in total. The molecule has 0 radical (unpaired) electrons. The third-order valence-electron chi connectivity index (χ3n) is 6.04. The number of pyridine rings is 1. The van der Waals surface area contributed by atoms with E-state index in [1.165, 1.54) is 33.2 Å². The first-order valence-corrected chi connectivity index (χ1v) is 13.8. The Morgan fingerprint density at radius 3 is 1.97 bits per heavy atom. The van der Waals surface area contributed by atoms with E-state index in [0.29, 0.717) is 11.8 Å². The van der Waals surface area contributed by atoms with Crippen LogP contribution in [0.2, 0.25) is 0 Å². The molecule has 0 aliphatic heterocycles. The van der Waals surface area contributed by atoms with Crippen LogP contribution in [0.5, 0.6) is 0 Å². The van der Waals surface area contributed by atoms with E-state index < -0.39 is 10.2 Å². The summed E-state index contributed by atoms with van der Waals surface area (Å²) in [6.45, 7) is 9.08. The van der Waals surface area contributed by atoms with Crippen molar-refractivity contribution < 1.29 is 0 Å². The molecule has 0 spiro atoms. The third-order valence-corrected chi connectivity index (χ3v) is 8.03. The van der Waals surface area contributed by atoms with Crippen LogP contribution in [0.3, 0.4) is 0 Å². The highest BCUT2D eigenvalue weighted by atomic mass is 32.3. The van der Waals surface area contributed by atoms with E-state index in [-0.39, 0.29) is 0 Å². The molecule has 32 heavy (non-hydrogen) atoms. The molecule has 0 unspecified atom stereocenters. The van der Waals surface area contributed by atoms with Gasteiger partial charge in [0.15, 0.2) is 0 Å². The van der Waals surface area contributed by atoms with Crippen molar-refractivity contribution in [3.63, 3.8) is 0 Å². The minimum Gasteiger partial charge on any atom is -0.342 e. The number of nitrogens with zero attached hydrogens (tertiary/aromatic N) is 1. The molecule has 1 N–H and O–H groups in total. The van der Waals surface area contributed by atoms with Crippen molar-refractivity contribution in [3.05, 3.63) is 90.0 Å². The summed E-state index contributed by atoms with van der Waals surface area (Å²) in [5.74, 6) is 0.919. The number of fused-ring (bicyclic) bond motifs is 1. The van der Waals surface area contributed by atoms with Gasteiger partial charge in [0.25, 0.3) is 0 Å². The molecule has 1 aromatic heterocycles. The smallest absolute Gasteiger partial charge is 0.0957 e. The summed E-state index contributed by atoms with van der Waals surface area (Å²) in [6, 6.07) is 28.1. The number of aromatic nitrogens is 1. The lowest BCUT2D eigenvalue weighted by Crippen LogP contribution is -2.14. The normalized spacial score (nSPS) is 12.5. The Kier molecular flexibility index (Phi) is 6.30. The summed E-state index contributed by atoms with van der Waals surface area (Å²) in [5, 5.41) is 3.61. The molecule has 4 rings (SSSR count). The van der Waals surface area contributed by atoms with Crippen molar-refractivity contribution in [2.24, 2.45) is 0 Å². The van der Waals surface area contributed by atoms with Crippen molar-refractivity contribution in [1.82, 2.24) is 4.98 Å². The Hall–Kier alpha value is -2.78. The average Bonchev–Trinajstić information content (AvgIpc) is 2.78. The Morgan fingerprint density at radius 2 is 1.28 bits per heavy atom. The zero-order chi connectivity index (χ0) is 22.9. The summed E-state index contributed by atoms with van der Waals surface area (Å²) in [4.78, 5) is 5.18. The van der Waals surface area contributed by atoms with Gasteiger partial charge in [0.2, 0.25) is 0 Å². The highest BCUT2D eigenvalue weighted by Crippen LogP contribution is 2.50. The first kappa shape index (κ1) is 22.4. The topological polar surface area (TPSA) is 24.9 Å². The Labute approximate surface area is 194 Å². The molecule has 0 saturated heterocycles. The third kappa shape index (κ3) is 4.40. The SMILES string of the molecule is CC(C)c1cccc(C(C)C)c1NS(C)(C)c1cccc(-c2cccc3ccccc23)n1. The fourth-order valence-electron chi connectivity index (χ4n) is 4.27. The van der Waals surface area contributed by atoms with Gasteiger partial charge in [-0.3, -0.25) is 0 Å². The second-order valence-corrected chi connectivity index (χ2v) is 12.7. The van der Waals surface area contributed by atoms with E-state index in [0.717, 1.165) is 10.7 Å². The summed E-state index contributed by atoms with van der Waals surface area (Å²) < 4.78 is 3.97. The van der Waals surface area contributed by atoms with E-state index in [9.17, 15) is 0 Å². The molecule has 3 heteroatoms. The standard InChI is InChI=1S/C29H34N2S/c1-20(2)23-15-10-16-24(21(3)4)29(23)31-32(5,6)28-19-11-18-27(30-28)26-17-9-13-22-12-7-8-14-25(22)26/h7-21,31H,1-6H3. The first-order chi connectivity index (χ1) is 15.3. The molecule has 0 aliphatic carbocycles. The van der Waals surface area contributed by atoms with E-state index in [2.05, 4.69) is 124 Å². The number of nitrogens with one attached hydrogen (secondary N) is 1. The monoisotopic (exact) mass is 442 g/mol. The molecule has 0 bridgehead atoms. The van der Waals surface area contributed by atoms with Crippen molar-refractivity contribution in [3.8, 4) is 11.3 Å². The number of para-hydroxylation sites is 1. The Morgan fingerprint density at radius 1 is 0.688 bits per heavy atom. The second kappa shape index (κ2) is 8.99. The zero-order valence-corrected chi connectivity index (χ0v) is 20.8. The van der Waals surface area contributed by atoms with E-state index in [1.807, 2.05) is 0 Å². The predicted octanol–water partition coefficient (Wildman–Crippen LogP) is 8.60. The maximum Gasteiger partial charge on any atom is 0.0957 e. The second-order valence-electron chi connectivity index (χ2n) is 9.44. The lowest BCUT2D eigenvalue weighted by molar-refractivity contribution is 0.839. The maximum atomic E-state index is 5.18. The van der Waals surface area contributed by atoms with Crippen molar-refractivity contribution >= 4 is 26.7 Å². The quantitative estimate of drug-likeness (QED) is 0.323. The number of anilines is 1. The molecule has 4 aromatic rings. The molecular formula is C29H34N2S. The summed E-state index contributed by atoms with van der Waals surface area (Å²) in [5.41, 5.74) is 6.26. The number of hydrogen-bond acceptors (Lipinski definition) is 2. The molecule has 1 heterocycles. The summed E-state index contributed by atoms with van der Waals surface area (Å²) >= 11 is 0.